The van der Waals surface area contributed by atoms with Crippen LogP contribution in [0.15, 0.2) is 35.5 Å². The molecule has 2 heterocycles. The van der Waals surface area contributed by atoms with Crippen molar-refractivity contribution in [3.8, 4) is 0 Å². The third-order valence-electron chi connectivity index (χ3n) is 5.30. The molecule has 3 rings (SSSR count). The summed E-state index contributed by atoms with van der Waals surface area (Å²) >= 11 is 0. The minimum atomic E-state index is -0.590. The Morgan fingerprint density at radius 3 is 2.62 bits per heavy atom. The molecule has 2 aliphatic heterocycles. The average molecular weight is 401 g/mol. The first-order chi connectivity index (χ1) is 13.9. The van der Waals surface area contributed by atoms with Gasteiger partial charge in [-0.05, 0) is 43.0 Å². The predicted molar refractivity (Wildman–Crippen MR) is 107 cm³/mol. The predicted octanol–water partition coefficient (Wildman–Crippen LogP) is 1.23. The molecule has 1 atom stereocenters. The molecule has 1 unspecified atom stereocenters. The smallest absolute Gasteiger partial charge is 0.337 e. The van der Waals surface area contributed by atoms with Crippen LogP contribution in [0.3, 0.4) is 0 Å². The highest BCUT2D eigenvalue weighted by molar-refractivity contribution is 6.08. The Kier molecular flexibility index (Phi) is 6.53. The summed E-state index contributed by atoms with van der Waals surface area (Å²) in [6, 6.07) is 6.86. The van der Waals surface area contributed by atoms with E-state index in [0.717, 1.165) is 25.9 Å². The highest BCUT2D eigenvalue weighted by Crippen LogP contribution is 2.24. The number of methoxy groups -OCH3 is 1. The maximum Gasteiger partial charge on any atom is 0.337 e. The topological polar surface area (TPSA) is 99.2 Å². The molecule has 8 heteroatoms. The van der Waals surface area contributed by atoms with Crippen molar-refractivity contribution in [1.29, 1.82) is 0 Å². The number of β-amino-alcohol motifs (C(OH)–C–C–N with tert-alkyl or cyclic N) is 1. The molecule has 0 aromatic heterocycles. The molecule has 0 radical (unpaired) electrons. The van der Waals surface area contributed by atoms with Gasteiger partial charge in [-0.1, -0.05) is 6.92 Å². The lowest BCUT2D eigenvalue weighted by molar-refractivity contribution is -0.136. The van der Waals surface area contributed by atoms with Crippen molar-refractivity contribution >= 4 is 23.5 Å². The molecule has 1 aromatic rings. The van der Waals surface area contributed by atoms with Crippen molar-refractivity contribution in [1.82, 2.24) is 9.80 Å². The highest BCUT2D eigenvalue weighted by Gasteiger charge is 2.34. The molecule has 2 aliphatic rings. The van der Waals surface area contributed by atoms with E-state index in [4.69, 9.17) is 9.84 Å². The number of benzene rings is 1. The zero-order valence-electron chi connectivity index (χ0n) is 16.8. The van der Waals surface area contributed by atoms with E-state index < -0.39 is 5.97 Å². The maximum absolute atomic E-state index is 12.7. The van der Waals surface area contributed by atoms with Gasteiger partial charge in [-0.2, -0.15) is 0 Å². The summed E-state index contributed by atoms with van der Waals surface area (Å²) in [5.41, 5.74) is 1.53. The van der Waals surface area contributed by atoms with Gasteiger partial charge in [-0.15, -0.1) is 0 Å². The number of likely N-dealkylation sites (tertiary alicyclic amines) is 1. The van der Waals surface area contributed by atoms with Crippen molar-refractivity contribution < 1.29 is 24.2 Å². The second-order valence-electron chi connectivity index (χ2n) is 7.50. The van der Waals surface area contributed by atoms with Crippen LogP contribution in [0.5, 0.6) is 0 Å². The first-order valence-corrected chi connectivity index (χ1v) is 9.82. The fraction of sp³-hybridized carbons (Fsp3) is 0.476. The molecule has 0 spiro atoms. The van der Waals surface area contributed by atoms with Crippen molar-refractivity contribution in [3.63, 3.8) is 0 Å². The minimum absolute atomic E-state index is 0.00336. The summed E-state index contributed by atoms with van der Waals surface area (Å²) in [4.78, 5) is 40.6. The van der Waals surface area contributed by atoms with Gasteiger partial charge in [0, 0.05) is 30.9 Å². The van der Waals surface area contributed by atoms with Crippen LogP contribution in [0, 0.1) is 5.92 Å². The van der Waals surface area contributed by atoms with Gasteiger partial charge >= 0.3 is 5.97 Å². The van der Waals surface area contributed by atoms with Crippen LogP contribution in [-0.2, 0) is 14.3 Å². The average Bonchev–Trinajstić information content (AvgIpc) is 3.03. The third-order valence-corrected chi connectivity index (χ3v) is 5.30. The number of ether oxygens (including phenoxy) is 1. The number of amides is 2. The number of carbonyl (C=O) groups is 3. The molecule has 8 nitrogen and oxygen atoms in total. The summed E-state index contributed by atoms with van der Waals surface area (Å²) < 4.78 is 4.77. The van der Waals surface area contributed by atoms with Crippen LogP contribution in [0.25, 0.3) is 0 Å². The number of nitrogens with zero attached hydrogens (tertiary/aromatic N) is 2. The highest BCUT2D eigenvalue weighted by atomic mass is 16.5. The number of aliphatic hydroxyl groups is 1. The molecule has 0 saturated carbocycles. The Morgan fingerprint density at radius 2 is 2.00 bits per heavy atom. The van der Waals surface area contributed by atoms with E-state index >= 15 is 0 Å². The Bertz CT molecular complexity index is 818. The first kappa shape index (κ1) is 20.9. The van der Waals surface area contributed by atoms with E-state index in [1.807, 2.05) is 4.90 Å². The molecule has 1 saturated heterocycles. The number of aliphatic hydroxyl groups excluding tert-OH is 1. The van der Waals surface area contributed by atoms with Crippen molar-refractivity contribution in [2.45, 2.75) is 19.8 Å². The summed E-state index contributed by atoms with van der Waals surface area (Å²) in [5, 5.41) is 12.1. The van der Waals surface area contributed by atoms with E-state index in [-0.39, 0.29) is 42.8 Å². The summed E-state index contributed by atoms with van der Waals surface area (Å²) in [6.07, 6.45) is 2.16. The van der Waals surface area contributed by atoms with E-state index in [0.29, 0.717) is 17.2 Å². The molecular formula is C21H27N3O5. The van der Waals surface area contributed by atoms with Gasteiger partial charge < -0.3 is 25.0 Å². The number of esters is 1. The lowest BCUT2D eigenvalue weighted by atomic mass is 9.99. The van der Waals surface area contributed by atoms with E-state index in [1.165, 1.54) is 12.0 Å². The van der Waals surface area contributed by atoms with E-state index in [2.05, 4.69) is 12.2 Å². The van der Waals surface area contributed by atoms with Gasteiger partial charge in [0.15, 0.2) is 0 Å². The van der Waals surface area contributed by atoms with Gasteiger partial charge in [0.05, 0.1) is 25.8 Å². The van der Waals surface area contributed by atoms with Gasteiger partial charge in [0.25, 0.3) is 11.8 Å². The molecule has 2 N–H and O–H groups in total. The monoisotopic (exact) mass is 401 g/mol. The Hall–Kier alpha value is -2.87. The quantitative estimate of drug-likeness (QED) is 0.696. The van der Waals surface area contributed by atoms with Crippen molar-refractivity contribution in [2.24, 2.45) is 5.92 Å². The number of hydrogen-bond donors (Lipinski definition) is 2. The second kappa shape index (κ2) is 9.09. The van der Waals surface area contributed by atoms with E-state index in [9.17, 15) is 14.4 Å². The largest absolute Gasteiger partial charge is 0.466 e. The number of hydrogen-bond acceptors (Lipinski definition) is 6. The van der Waals surface area contributed by atoms with Crippen LogP contribution in [0.4, 0.5) is 5.69 Å². The summed E-state index contributed by atoms with van der Waals surface area (Å²) in [6.45, 7) is 3.71. The zero-order chi connectivity index (χ0) is 21.0. The summed E-state index contributed by atoms with van der Waals surface area (Å²) in [5.74, 6) is -0.453. The normalized spacial score (nSPS) is 19.6. The van der Waals surface area contributed by atoms with Crippen molar-refractivity contribution in [3.05, 3.63) is 41.1 Å². The molecular weight excluding hydrogens is 374 g/mol. The van der Waals surface area contributed by atoms with Gasteiger partial charge in [0.2, 0.25) is 0 Å². The Balaban J connectivity index is 1.74. The molecule has 0 bridgehead atoms. The van der Waals surface area contributed by atoms with Gasteiger partial charge in [-0.25, -0.2) is 4.79 Å². The lowest BCUT2D eigenvalue weighted by Crippen LogP contribution is -2.39. The van der Waals surface area contributed by atoms with Crippen molar-refractivity contribution in [2.75, 3.05) is 45.2 Å². The number of rotatable bonds is 6. The Morgan fingerprint density at radius 1 is 1.28 bits per heavy atom. The SMILES string of the molecule is COC(=O)C1=C(Nc2ccc(C(=O)N3CCCC(C)C3)cc2)C(=O)N(CCO)C1. The van der Waals surface area contributed by atoms with Crippen LogP contribution < -0.4 is 5.32 Å². The first-order valence-electron chi connectivity index (χ1n) is 9.82. The second-order valence-corrected chi connectivity index (χ2v) is 7.50. The van der Waals surface area contributed by atoms with Crippen LogP contribution in [0.1, 0.15) is 30.1 Å². The number of anilines is 1. The van der Waals surface area contributed by atoms with Crippen LogP contribution in [-0.4, -0.2) is 72.6 Å². The molecule has 0 aliphatic carbocycles. The standard InChI is InChI=1S/C21H27N3O5/c1-14-4-3-9-23(12-14)19(26)15-5-7-16(8-6-15)22-18-17(21(28)29-2)13-24(10-11-25)20(18)27/h5-8,14,22,25H,3-4,9-13H2,1-2H3. The Labute approximate surface area is 170 Å². The minimum Gasteiger partial charge on any atom is -0.466 e. The molecule has 156 valence electrons. The lowest BCUT2D eigenvalue weighted by Gasteiger charge is -2.31. The van der Waals surface area contributed by atoms with Crippen LogP contribution in [0.2, 0.25) is 0 Å². The number of nitrogens with one attached hydrogen (secondary N) is 1. The van der Waals surface area contributed by atoms with Gasteiger partial charge in [-0.3, -0.25) is 9.59 Å². The molecule has 2 amide bonds. The molecule has 1 aromatic carbocycles. The molecule has 1 fully saturated rings. The summed E-state index contributed by atoms with van der Waals surface area (Å²) in [7, 11) is 1.26. The number of carbonyl (C=O) groups excluding carboxylic acids is 3. The zero-order valence-corrected chi connectivity index (χ0v) is 16.8. The fourth-order valence-electron chi connectivity index (χ4n) is 3.75. The van der Waals surface area contributed by atoms with E-state index in [1.54, 1.807) is 24.3 Å². The fourth-order valence-corrected chi connectivity index (χ4v) is 3.75. The maximum atomic E-state index is 12.7. The van der Waals surface area contributed by atoms with Crippen LogP contribution >= 0.6 is 0 Å². The number of piperidine rings is 1. The van der Waals surface area contributed by atoms with Gasteiger partial charge in [0.1, 0.15) is 5.70 Å². The molecule has 29 heavy (non-hydrogen) atoms. The third kappa shape index (κ3) is 4.59.